The van der Waals surface area contributed by atoms with Crippen LogP contribution in [-0.4, -0.2) is 33.9 Å². The highest BCUT2D eigenvalue weighted by Crippen LogP contribution is 2.36. The lowest BCUT2D eigenvalue weighted by Crippen LogP contribution is -2.41. The van der Waals surface area contributed by atoms with E-state index in [1.807, 2.05) is 0 Å². The number of aromatic nitrogens is 1. The van der Waals surface area contributed by atoms with E-state index in [-0.39, 0.29) is 38.5 Å². The van der Waals surface area contributed by atoms with Crippen LogP contribution in [-0.2, 0) is 19.1 Å². The number of imide groups is 1. The molecule has 5 rings (SSSR count). The summed E-state index contributed by atoms with van der Waals surface area (Å²) in [4.78, 5) is 69.3. The van der Waals surface area contributed by atoms with Gasteiger partial charge in [-0.05, 0) is 25.5 Å². The molecule has 3 aromatic rings. The third-order valence-corrected chi connectivity index (χ3v) is 7.32. The highest BCUT2D eigenvalue weighted by atomic mass is 32.1. The molecule has 0 N–H and O–H groups in total. The minimum Gasteiger partial charge on any atom is -0.463 e. The normalized spacial score (nSPS) is 17.6. The summed E-state index contributed by atoms with van der Waals surface area (Å²) < 4.78 is 6.53. The molecule has 2 aliphatic heterocycles. The molecule has 12 heteroatoms. The van der Waals surface area contributed by atoms with E-state index in [0.29, 0.717) is 16.8 Å². The van der Waals surface area contributed by atoms with Gasteiger partial charge in [0.1, 0.15) is 4.53 Å². The van der Waals surface area contributed by atoms with E-state index in [2.05, 4.69) is 4.99 Å². The topological polar surface area (TPSA) is 141 Å². The van der Waals surface area contributed by atoms with Crippen molar-refractivity contribution in [3.8, 4) is 0 Å². The van der Waals surface area contributed by atoms with Crippen molar-refractivity contribution in [3.63, 3.8) is 0 Å². The first-order chi connectivity index (χ1) is 18.1. The number of non-ortho nitro benzene ring substituents is 1. The molecule has 2 amide bonds. The van der Waals surface area contributed by atoms with Gasteiger partial charge in [-0.15, -0.1) is 0 Å². The van der Waals surface area contributed by atoms with E-state index < -0.39 is 34.3 Å². The number of hydrogen-bond acceptors (Lipinski definition) is 9. The van der Waals surface area contributed by atoms with Gasteiger partial charge in [-0.1, -0.05) is 41.7 Å². The molecule has 192 valence electrons. The number of hydrogen-bond donors (Lipinski definition) is 0. The first kappa shape index (κ1) is 25.0. The Morgan fingerprint density at radius 2 is 1.89 bits per heavy atom. The number of amides is 2. The number of nitro benzene ring substituents is 1. The van der Waals surface area contributed by atoms with E-state index in [1.165, 1.54) is 29.7 Å². The van der Waals surface area contributed by atoms with Crippen molar-refractivity contribution in [1.29, 1.82) is 0 Å². The SMILES string of the molecule is CCOC(=O)C1=C(C)N=c2sc(=C3C(=O)N(C(C)=O)c4ccccc43)c(=O)n2C1c1cccc([N+](=O)[O-])c1. The number of nitro groups is 1. The second kappa shape index (κ2) is 9.30. The summed E-state index contributed by atoms with van der Waals surface area (Å²) in [6.07, 6.45) is 0. The number of thiazole rings is 1. The Labute approximate surface area is 218 Å². The van der Waals surface area contributed by atoms with Crippen molar-refractivity contribution in [2.75, 3.05) is 11.5 Å². The van der Waals surface area contributed by atoms with Crippen molar-refractivity contribution in [3.05, 3.63) is 101 Å². The van der Waals surface area contributed by atoms with Gasteiger partial charge in [-0.25, -0.2) is 14.7 Å². The number of ether oxygens (including phenoxy) is 1. The van der Waals surface area contributed by atoms with Crippen LogP contribution in [0.2, 0.25) is 0 Å². The molecule has 1 unspecified atom stereocenters. The van der Waals surface area contributed by atoms with Crippen LogP contribution in [0.15, 0.2) is 69.6 Å². The van der Waals surface area contributed by atoms with Crippen LogP contribution in [0.1, 0.15) is 37.9 Å². The van der Waals surface area contributed by atoms with Gasteiger partial charge in [-0.3, -0.25) is 29.1 Å². The number of rotatable bonds is 4. The van der Waals surface area contributed by atoms with Crippen LogP contribution in [0.5, 0.6) is 0 Å². The van der Waals surface area contributed by atoms with Gasteiger partial charge in [0.2, 0.25) is 5.91 Å². The minimum atomic E-state index is -1.09. The van der Waals surface area contributed by atoms with Crippen LogP contribution in [0.25, 0.3) is 5.57 Å². The van der Waals surface area contributed by atoms with Gasteiger partial charge >= 0.3 is 5.97 Å². The average molecular weight is 533 g/mol. The van der Waals surface area contributed by atoms with E-state index in [9.17, 15) is 29.3 Å². The molecular formula is C26H20N4O7S. The van der Waals surface area contributed by atoms with Crippen molar-refractivity contribution >= 4 is 46.1 Å². The Hall–Kier alpha value is -4.71. The monoisotopic (exact) mass is 532 g/mol. The maximum Gasteiger partial charge on any atom is 0.338 e. The molecule has 0 radical (unpaired) electrons. The first-order valence-electron chi connectivity index (χ1n) is 11.6. The summed E-state index contributed by atoms with van der Waals surface area (Å²) >= 11 is 0.948. The Bertz CT molecular complexity index is 1780. The molecule has 0 spiro atoms. The quantitative estimate of drug-likeness (QED) is 0.284. The first-order valence-corrected chi connectivity index (χ1v) is 12.4. The number of fused-ring (bicyclic) bond motifs is 2. The van der Waals surface area contributed by atoms with Crippen LogP contribution in [0.3, 0.4) is 0 Å². The second-order valence-corrected chi connectivity index (χ2v) is 9.50. The Balaban J connectivity index is 1.84. The van der Waals surface area contributed by atoms with E-state index >= 15 is 0 Å². The third kappa shape index (κ3) is 3.77. The lowest BCUT2D eigenvalue weighted by Gasteiger charge is -2.24. The van der Waals surface area contributed by atoms with E-state index in [0.717, 1.165) is 16.2 Å². The molecule has 1 aromatic heterocycles. The molecule has 2 aliphatic rings. The number of anilines is 1. The number of esters is 1. The number of nitrogens with zero attached hydrogens (tertiary/aromatic N) is 4. The number of para-hydroxylation sites is 1. The molecular weight excluding hydrogens is 512 g/mol. The smallest absolute Gasteiger partial charge is 0.338 e. The number of benzene rings is 2. The van der Waals surface area contributed by atoms with Gasteiger partial charge < -0.3 is 4.74 Å². The minimum absolute atomic E-state index is 0.0401. The Morgan fingerprint density at radius 1 is 1.16 bits per heavy atom. The van der Waals surface area contributed by atoms with Gasteiger partial charge in [0.15, 0.2) is 4.80 Å². The molecule has 2 aromatic carbocycles. The Morgan fingerprint density at radius 3 is 2.58 bits per heavy atom. The van der Waals surface area contributed by atoms with E-state index in [1.54, 1.807) is 44.2 Å². The summed E-state index contributed by atoms with van der Waals surface area (Å²) in [6, 6.07) is 11.2. The predicted molar refractivity (Wildman–Crippen MR) is 137 cm³/mol. The number of carbonyl (C=O) groups is 3. The molecule has 0 saturated carbocycles. The molecule has 0 aliphatic carbocycles. The standard InChI is InChI=1S/C26H20N4O7S/c1-4-37-25(34)19-13(2)27-26-29(21(19)15-8-7-9-16(12-15)30(35)36)24(33)22(38-26)20-17-10-5-6-11-18(17)28(14(3)31)23(20)32/h5-12,21H,4H2,1-3H3. The fraction of sp³-hybridized carbons (Fsp3) is 0.192. The molecule has 0 fully saturated rings. The summed E-state index contributed by atoms with van der Waals surface area (Å²) in [6.45, 7) is 4.55. The zero-order valence-corrected chi connectivity index (χ0v) is 21.3. The van der Waals surface area contributed by atoms with Gasteiger partial charge in [0.05, 0.1) is 40.1 Å². The summed E-state index contributed by atoms with van der Waals surface area (Å²) in [5.41, 5.74) is 0.635. The van der Waals surface area contributed by atoms with Gasteiger partial charge in [-0.2, -0.15) is 0 Å². The second-order valence-electron chi connectivity index (χ2n) is 8.53. The third-order valence-electron chi connectivity index (χ3n) is 6.26. The average Bonchev–Trinajstić information content (AvgIpc) is 3.35. The van der Waals surface area contributed by atoms with Gasteiger partial charge in [0, 0.05) is 24.6 Å². The molecule has 1 atom stereocenters. The summed E-state index contributed by atoms with van der Waals surface area (Å²) in [5, 5.41) is 11.5. The molecule has 0 bridgehead atoms. The van der Waals surface area contributed by atoms with Crippen LogP contribution < -0.4 is 19.8 Å². The van der Waals surface area contributed by atoms with Crippen LogP contribution >= 0.6 is 11.3 Å². The highest BCUT2D eigenvalue weighted by molar-refractivity contribution is 7.07. The molecule has 38 heavy (non-hydrogen) atoms. The Kier molecular flexibility index (Phi) is 6.11. The number of allylic oxidation sites excluding steroid dienone is 1. The summed E-state index contributed by atoms with van der Waals surface area (Å²) in [7, 11) is 0. The molecule has 0 saturated heterocycles. The lowest BCUT2D eigenvalue weighted by molar-refractivity contribution is -0.384. The largest absolute Gasteiger partial charge is 0.463 e. The van der Waals surface area contributed by atoms with Gasteiger partial charge in [0.25, 0.3) is 17.2 Å². The van der Waals surface area contributed by atoms with Crippen molar-refractivity contribution in [1.82, 2.24) is 4.57 Å². The zero-order chi connectivity index (χ0) is 27.3. The van der Waals surface area contributed by atoms with Crippen molar-refractivity contribution < 1.29 is 24.0 Å². The zero-order valence-electron chi connectivity index (χ0n) is 20.5. The predicted octanol–water partition coefficient (Wildman–Crippen LogP) is 1.97. The maximum atomic E-state index is 14.0. The van der Waals surface area contributed by atoms with E-state index in [4.69, 9.17) is 4.74 Å². The van der Waals surface area contributed by atoms with Crippen LogP contribution in [0, 0.1) is 10.1 Å². The molecule has 11 nitrogen and oxygen atoms in total. The number of carbonyl (C=O) groups excluding carboxylic acids is 3. The maximum absolute atomic E-state index is 14.0. The lowest BCUT2D eigenvalue weighted by atomic mass is 9.95. The summed E-state index contributed by atoms with van der Waals surface area (Å²) in [5.74, 6) is -1.86. The highest BCUT2D eigenvalue weighted by Gasteiger charge is 2.38. The van der Waals surface area contributed by atoms with Crippen molar-refractivity contribution in [2.24, 2.45) is 4.99 Å². The van der Waals surface area contributed by atoms with Crippen molar-refractivity contribution in [2.45, 2.75) is 26.8 Å². The fourth-order valence-electron chi connectivity index (χ4n) is 4.71. The molecule has 3 heterocycles. The fourth-order valence-corrected chi connectivity index (χ4v) is 5.85. The van der Waals surface area contributed by atoms with Crippen LogP contribution in [0.4, 0.5) is 11.4 Å².